The molecule has 0 saturated carbocycles. The van der Waals surface area contributed by atoms with E-state index in [2.05, 4.69) is 21.2 Å². The predicted molar refractivity (Wildman–Crippen MR) is 85.1 cm³/mol. The van der Waals surface area contributed by atoms with Crippen molar-refractivity contribution in [1.29, 1.82) is 5.26 Å². The van der Waals surface area contributed by atoms with E-state index in [9.17, 15) is 9.59 Å². The summed E-state index contributed by atoms with van der Waals surface area (Å²) < 4.78 is 15.9. The molecule has 0 bridgehead atoms. The lowest BCUT2D eigenvalue weighted by Gasteiger charge is -2.11. The van der Waals surface area contributed by atoms with Gasteiger partial charge in [0.05, 0.1) is 33.1 Å². The Hall–Kier alpha value is -2.27. The minimum Gasteiger partial charge on any atom is -0.493 e. The van der Waals surface area contributed by atoms with Crippen molar-refractivity contribution in [3.05, 3.63) is 22.2 Å². The minimum absolute atomic E-state index is 0.0214. The molecular formula is C15H17BrN2O5. The smallest absolute Gasteiger partial charge is 0.310 e. The van der Waals surface area contributed by atoms with Crippen LogP contribution in [0, 0.1) is 11.3 Å². The third kappa shape index (κ3) is 6.16. The monoisotopic (exact) mass is 384 g/mol. The van der Waals surface area contributed by atoms with Crippen molar-refractivity contribution in [1.82, 2.24) is 5.32 Å². The molecule has 1 aromatic rings. The zero-order valence-electron chi connectivity index (χ0n) is 12.8. The Bertz CT molecular complexity index is 613. The molecule has 0 aliphatic heterocycles. The lowest BCUT2D eigenvalue weighted by atomic mass is 10.1. The topological polar surface area (TPSA) is 97.6 Å². The lowest BCUT2D eigenvalue weighted by Crippen LogP contribution is -2.29. The number of amides is 1. The van der Waals surface area contributed by atoms with E-state index in [-0.39, 0.29) is 26.0 Å². The van der Waals surface area contributed by atoms with Gasteiger partial charge in [-0.1, -0.05) is 15.9 Å². The zero-order chi connectivity index (χ0) is 17.2. The van der Waals surface area contributed by atoms with Gasteiger partial charge in [-0.25, -0.2) is 0 Å². The van der Waals surface area contributed by atoms with E-state index in [1.807, 2.05) is 6.07 Å². The van der Waals surface area contributed by atoms with Crippen LogP contribution in [-0.2, 0) is 20.7 Å². The molecule has 0 spiro atoms. The Kier molecular flexibility index (Phi) is 7.91. The van der Waals surface area contributed by atoms with Crippen molar-refractivity contribution in [3.63, 3.8) is 0 Å². The molecule has 0 unspecified atom stereocenters. The molecule has 7 nitrogen and oxygen atoms in total. The molecule has 23 heavy (non-hydrogen) atoms. The Balaban J connectivity index is 2.57. The fourth-order valence-electron chi connectivity index (χ4n) is 1.69. The summed E-state index contributed by atoms with van der Waals surface area (Å²) in [5.41, 5.74) is 0.650. The van der Waals surface area contributed by atoms with Crippen LogP contribution in [0.5, 0.6) is 11.5 Å². The molecular weight excluding hydrogens is 368 g/mol. The number of nitriles is 1. The van der Waals surface area contributed by atoms with Crippen molar-refractivity contribution >= 4 is 27.8 Å². The summed E-state index contributed by atoms with van der Waals surface area (Å²) in [6.07, 6.45) is 0.185. The van der Waals surface area contributed by atoms with Crippen molar-refractivity contribution in [2.45, 2.75) is 12.8 Å². The highest BCUT2D eigenvalue weighted by molar-refractivity contribution is 9.10. The van der Waals surface area contributed by atoms with Crippen molar-refractivity contribution < 1.29 is 23.8 Å². The summed E-state index contributed by atoms with van der Waals surface area (Å²) in [5.74, 6) is 0.0365. The van der Waals surface area contributed by atoms with Gasteiger partial charge in [0.25, 0.3) is 5.91 Å². The lowest BCUT2D eigenvalue weighted by molar-refractivity contribution is -0.147. The van der Waals surface area contributed by atoms with Gasteiger partial charge in [-0.15, -0.1) is 0 Å². The van der Waals surface area contributed by atoms with Crippen LogP contribution in [-0.4, -0.2) is 39.2 Å². The van der Waals surface area contributed by atoms with E-state index >= 15 is 0 Å². The molecule has 0 fully saturated rings. The van der Waals surface area contributed by atoms with Crippen LogP contribution < -0.4 is 14.8 Å². The summed E-state index contributed by atoms with van der Waals surface area (Å²) >= 11 is 3.35. The maximum absolute atomic E-state index is 11.8. The number of nitrogens with zero attached hydrogens (tertiary/aromatic N) is 1. The second-order valence-electron chi connectivity index (χ2n) is 4.39. The fourth-order valence-corrected chi connectivity index (χ4v) is 2.16. The van der Waals surface area contributed by atoms with Gasteiger partial charge in [0.15, 0.2) is 18.1 Å². The molecule has 0 aliphatic rings. The van der Waals surface area contributed by atoms with Crippen LogP contribution in [0.25, 0.3) is 0 Å². The van der Waals surface area contributed by atoms with Crippen LogP contribution in [0.2, 0.25) is 0 Å². The number of carbonyl (C=O) groups excluding carboxylic acids is 2. The van der Waals surface area contributed by atoms with Gasteiger partial charge >= 0.3 is 5.97 Å². The van der Waals surface area contributed by atoms with E-state index in [0.717, 1.165) is 0 Å². The van der Waals surface area contributed by atoms with Crippen molar-refractivity contribution in [2.24, 2.45) is 0 Å². The summed E-state index contributed by atoms with van der Waals surface area (Å²) in [6.45, 7) is -0.150. The fraction of sp³-hybridized carbons (Fsp3) is 0.400. The van der Waals surface area contributed by atoms with Crippen LogP contribution in [0.4, 0.5) is 0 Å². The third-order valence-corrected chi connectivity index (χ3v) is 3.55. The number of methoxy groups -OCH3 is 2. The first-order valence-electron chi connectivity index (χ1n) is 6.71. The van der Waals surface area contributed by atoms with E-state index in [1.165, 1.54) is 14.2 Å². The largest absolute Gasteiger partial charge is 0.493 e. The van der Waals surface area contributed by atoms with Gasteiger partial charge in [0.2, 0.25) is 0 Å². The van der Waals surface area contributed by atoms with Crippen molar-refractivity contribution in [2.75, 3.05) is 27.4 Å². The quantitative estimate of drug-likeness (QED) is 0.539. The zero-order valence-corrected chi connectivity index (χ0v) is 14.4. The Morgan fingerprint density at radius 2 is 1.91 bits per heavy atom. The van der Waals surface area contributed by atoms with Crippen LogP contribution >= 0.6 is 15.9 Å². The highest BCUT2D eigenvalue weighted by atomic mass is 79.9. The second kappa shape index (κ2) is 9.69. The minimum atomic E-state index is -0.548. The highest BCUT2D eigenvalue weighted by Gasteiger charge is 2.14. The van der Waals surface area contributed by atoms with Gasteiger partial charge in [-0.05, 0) is 17.7 Å². The molecule has 8 heteroatoms. The molecule has 0 aliphatic carbocycles. The van der Waals surface area contributed by atoms with Gasteiger partial charge in [-0.2, -0.15) is 5.26 Å². The molecule has 1 rings (SSSR count). The molecule has 1 N–H and O–H groups in total. The van der Waals surface area contributed by atoms with Gasteiger partial charge in [-0.3, -0.25) is 9.59 Å². The number of hydrogen-bond acceptors (Lipinski definition) is 6. The standard InChI is InChI=1S/C15H17BrN2O5/c1-21-12-6-10(11(16)8-13(12)22-2)7-15(20)23-9-14(19)18-5-3-4-17/h6,8H,3,5,7,9H2,1-2H3,(H,18,19). The third-order valence-electron chi connectivity index (χ3n) is 2.81. The van der Waals surface area contributed by atoms with Crippen LogP contribution in [0.3, 0.4) is 0 Å². The van der Waals surface area contributed by atoms with E-state index < -0.39 is 11.9 Å². The van der Waals surface area contributed by atoms with Gasteiger partial charge in [0.1, 0.15) is 0 Å². The number of esters is 1. The first-order chi connectivity index (χ1) is 11.0. The second-order valence-corrected chi connectivity index (χ2v) is 5.25. The molecule has 0 saturated heterocycles. The molecule has 1 aromatic carbocycles. The average Bonchev–Trinajstić information content (AvgIpc) is 2.54. The first kappa shape index (κ1) is 18.8. The summed E-state index contributed by atoms with van der Waals surface area (Å²) in [6, 6.07) is 5.25. The number of hydrogen-bond donors (Lipinski definition) is 1. The van der Waals surface area contributed by atoms with Crippen LogP contribution in [0.1, 0.15) is 12.0 Å². The van der Waals surface area contributed by atoms with E-state index in [4.69, 9.17) is 19.5 Å². The Morgan fingerprint density at radius 1 is 1.26 bits per heavy atom. The summed E-state index contributed by atoms with van der Waals surface area (Å²) in [4.78, 5) is 23.2. The Labute approximate surface area is 142 Å². The number of benzene rings is 1. The molecule has 0 heterocycles. The number of nitrogens with one attached hydrogen (secondary N) is 1. The number of halogens is 1. The molecule has 0 aromatic heterocycles. The van der Waals surface area contributed by atoms with Crippen LogP contribution in [0.15, 0.2) is 16.6 Å². The van der Waals surface area contributed by atoms with Gasteiger partial charge < -0.3 is 19.5 Å². The maximum atomic E-state index is 11.8. The van der Waals surface area contributed by atoms with Gasteiger partial charge in [0, 0.05) is 11.0 Å². The number of carbonyl (C=O) groups is 2. The summed E-state index contributed by atoms with van der Waals surface area (Å²) in [5, 5.41) is 10.8. The number of ether oxygens (including phenoxy) is 3. The van der Waals surface area contributed by atoms with Crippen molar-refractivity contribution in [3.8, 4) is 17.6 Å². The Morgan fingerprint density at radius 3 is 2.52 bits per heavy atom. The molecule has 0 atom stereocenters. The molecule has 124 valence electrons. The van der Waals surface area contributed by atoms with E-state index in [1.54, 1.807) is 12.1 Å². The normalized spacial score (nSPS) is 9.65. The maximum Gasteiger partial charge on any atom is 0.310 e. The SMILES string of the molecule is COc1cc(Br)c(CC(=O)OCC(=O)NCCC#N)cc1OC. The average molecular weight is 385 g/mol. The highest BCUT2D eigenvalue weighted by Crippen LogP contribution is 2.33. The number of rotatable bonds is 8. The molecule has 0 radical (unpaired) electrons. The molecule has 1 amide bonds. The summed E-state index contributed by atoms with van der Waals surface area (Å²) in [7, 11) is 3.02. The van der Waals surface area contributed by atoms with E-state index in [0.29, 0.717) is 21.5 Å². The predicted octanol–water partition coefficient (Wildman–Crippen LogP) is 1.58. The first-order valence-corrected chi connectivity index (χ1v) is 7.50.